The summed E-state index contributed by atoms with van der Waals surface area (Å²) in [4.78, 5) is 11.8. The molecule has 0 saturated carbocycles. The zero-order valence-corrected chi connectivity index (χ0v) is 13.5. The number of amides is 1. The van der Waals surface area contributed by atoms with Crippen LogP contribution in [0.1, 0.15) is 18.4 Å². The van der Waals surface area contributed by atoms with E-state index in [-0.39, 0.29) is 5.91 Å². The van der Waals surface area contributed by atoms with Crippen LogP contribution < -0.4 is 10.1 Å². The molecule has 0 aromatic heterocycles. The largest absolute Gasteiger partial charge is 0.494 e. The first-order valence-corrected chi connectivity index (χ1v) is 7.65. The number of ether oxygens (including phenoxy) is 1. The Bertz CT molecular complexity index is 678. The lowest BCUT2D eigenvalue weighted by molar-refractivity contribution is -0.116. The Labute approximate surface area is 137 Å². The minimum atomic E-state index is -0.0671. The molecule has 2 rings (SSSR count). The van der Waals surface area contributed by atoms with Crippen molar-refractivity contribution in [1.29, 1.82) is 5.26 Å². The van der Waals surface area contributed by atoms with Crippen LogP contribution in [0.15, 0.2) is 53.0 Å². The summed E-state index contributed by atoms with van der Waals surface area (Å²) >= 11 is 3.38. The van der Waals surface area contributed by atoms with Gasteiger partial charge in [0.05, 0.1) is 18.2 Å². The molecule has 112 valence electrons. The number of anilines is 1. The minimum absolute atomic E-state index is 0.0671. The van der Waals surface area contributed by atoms with Crippen LogP contribution in [0.2, 0.25) is 0 Å². The van der Waals surface area contributed by atoms with Crippen LogP contribution in [0.3, 0.4) is 0 Å². The van der Waals surface area contributed by atoms with Gasteiger partial charge in [-0.1, -0.05) is 22.0 Å². The van der Waals surface area contributed by atoms with Gasteiger partial charge in [-0.25, -0.2) is 0 Å². The molecule has 0 aliphatic heterocycles. The number of hydrogen-bond donors (Lipinski definition) is 1. The molecule has 2 aromatic carbocycles. The number of benzene rings is 2. The Morgan fingerprint density at radius 3 is 2.68 bits per heavy atom. The van der Waals surface area contributed by atoms with E-state index in [0.29, 0.717) is 30.7 Å². The second-order valence-electron chi connectivity index (χ2n) is 4.65. The summed E-state index contributed by atoms with van der Waals surface area (Å²) in [5, 5.41) is 11.5. The number of carbonyl (C=O) groups is 1. The molecule has 0 bridgehead atoms. The van der Waals surface area contributed by atoms with Crippen molar-refractivity contribution in [2.45, 2.75) is 12.8 Å². The number of nitrogens with one attached hydrogen (secondary N) is 1. The Balaban J connectivity index is 1.70. The number of nitriles is 1. The van der Waals surface area contributed by atoms with Crippen LogP contribution in [0.25, 0.3) is 0 Å². The van der Waals surface area contributed by atoms with Gasteiger partial charge in [0.15, 0.2) is 0 Å². The lowest BCUT2D eigenvalue weighted by Crippen LogP contribution is -2.12. The maximum absolute atomic E-state index is 11.8. The van der Waals surface area contributed by atoms with Crippen molar-refractivity contribution in [2.75, 3.05) is 11.9 Å². The molecular formula is C17H15BrN2O2. The fourth-order valence-corrected chi connectivity index (χ4v) is 2.21. The number of nitrogens with zero attached hydrogens (tertiary/aromatic N) is 1. The Morgan fingerprint density at radius 2 is 2.00 bits per heavy atom. The molecule has 5 heteroatoms. The van der Waals surface area contributed by atoms with Crippen LogP contribution >= 0.6 is 15.9 Å². The molecule has 0 saturated heterocycles. The predicted octanol–water partition coefficient (Wildman–Crippen LogP) is 4.12. The highest BCUT2D eigenvalue weighted by atomic mass is 79.9. The first-order chi connectivity index (χ1) is 10.7. The number of rotatable bonds is 6. The minimum Gasteiger partial charge on any atom is -0.494 e. The Hall–Kier alpha value is -2.32. The maximum atomic E-state index is 11.8. The predicted molar refractivity (Wildman–Crippen MR) is 88.7 cm³/mol. The Kier molecular flexibility index (Phi) is 5.99. The molecule has 22 heavy (non-hydrogen) atoms. The molecule has 2 aromatic rings. The van der Waals surface area contributed by atoms with E-state index in [1.165, 1.54) is 0 Å². The van der Waals surface area contributed by atoms with Gasteiger partial charge < -0.3 is 10.1 Å². The van der Waals surface area contributed by atoms with Gasteiger partial charge in [-0.15, -0.1) is 0 Å². The summed E-state index contributed by atoms with van der Waals surface area (Å²) in [5.74, 6) is 0.712. The highest BCUT2D eigenvalue weighted by Gasteiger charge is 2.03. The first-order valence-electron chi connectivity index (χ1n) is 6.86. The average Bonchev–Trinajstić information content (AvgIpc) is 2.52. The van der Waals surface area contributed by atoms with Crippen LogP contribution in [0, 0.1) is 11.3 Å². The number of halogens is 1. The molecule has 0 fully saturated rings. The van der Waals surface area contributed by atoms with E-state index in [2.05, 4.69) is 21.2 Å². The van der Waals surface area contributed by atoms with Crippen molar-refractivity contribution in [2.24, 2.45) is 0 Å². The summed E-state index contributed by atoms with van der Waals surface area (Å²) < 4.78 is 6.53. The number of carbonyl (C=O) groups excluding carboxylic acids is 1. The molecular weight excluding hydrogens is 344 g/mol. The second kappa shape index (κ2) is 8.20. The van der Waals surface area contributed by atoms with Gasteiger partial charge in [0, 0.05) is 16.6 Å². The van der Waals surface area contributed by atoms with Gasteiger partial charge in [0.25, 0.3) is 0 Å². The third kappa shape index (κ3) is 5.23. The SMILES string of the molecule is N#Cc1ccc(NC(=O)CCCOc2cccc(Br)c2)cc1. The van der Waals surface area contributed by atoms with Crippen molar-refractivity contribution in [3.63, 3.8) is 0 Å². The molecule has 0 spiro atoms. The van der Waals surface area contributed by atoms with Gasteiger partial charge in [-0.05, 0) is 48.9 Å². The van der Waals surface area contributed by atoms with E-state index >= 15 is 0 Å². The van der Waals surface area contributed by atoms with Gasteiger partial charge in [0.1, 0.15) is 5.75 Å². The van der Waals surface area contributed by atoms with E-state index in [0.717, 1.165) is 10.2 Å². The molecule has 0 radical (unpaired) electrons. The van der Waals surface area contributed by atoms with E-state index in [9.17, 15) is 4.79 Å². The lowest BCUT2D eigenvalue weighted by Gasteiger charge is -2.07. The van der Waals surface area contributed by atoms with E-state index in [1.54, 1.807) is 24.3 Å². The van der Waals surface area contributed by atoms with Gasteiger partial charge in [-0.2, -0.15) is 5.26 Å². The zero-order valence-electron chi connectivity index (χ0n) is 11.9. The topological polar surface area (TPSA) is 62.1 Å². The second-order valence-corrected chi connectivity index (χ2v) is 5.56. The molecule has 0 aliphatic rings. The summed E-state index contributed by atoms with van der Waals surface area (Å²) in [6.45, 7) is 0.483. The van der Waals surface area contributed by atoms with E-state index in [4.69, 9.17) is 10.00 Å². The van der Waals surface area contributed by atoms with Gasteiger partial charge >= 0.3 is 0 Å². The van der Waals surface area contributed by atoms with E-state index < -0.39 is 0 Å². The quantitative estimate of drug-likeness (QED) is 0.790. The van der Waals surface area contributed by atoms with Crippen molar-refractivity contribution in [3.05, 3.63) is 58.6 Å². The van der Waals surface area contributed by atoms with Gasteiger partial charge in [0.2, 0.25) is 5.91 Å². The van der Waals surface area contributed by atoms with Gasteiger partial charge in [-0.3, -0.25) is 4.79 Å². The van der Waals surface area contributed by atoms with Crippen LogP contribution in [-0.2, 0) is 4.79 Å². The Morgan fingerprint density at radius 1 is 1.23 bits per heavy atom. The van der Waals surface area contributed by atoms with Crippen molar-refractivity contribution >= 4 is 27.5 Å². The van der Waals surface area contributed by atoms with E-state index in [1.807, 2.05) is 30.3 Å². The summed E-state index contributed by atoms with van der Waals surface area (Å²) in [5.41, 5.74) is 1.26. The molecule has 0 heterocycles. The molecule has 0 atom stereocenters. The summed E-state index contributed by atoms with van der Waals surface area (Å²) in [6, 6.07) is 16.4. The average molecular weight is 359 g/mol. The molecule has 1 amide bonds. The molecule has 1 N–H and O–H groups in total. The van der Waals surface area contributed by atoms with Crippen molar-refractivity contribution in [3.8, 4) is 11.8 Å². The highest BCUT2D eigenvalue weighted by Crippen LogP contribution is 2.18. The maximum Gasteiger partial charge on any atom is 0.224 e. The highest BCUT2D eigenvalue weighted by molar-refractivity contribution is 9.10. The number of hydrogen-bond acceptors (Lipinski definition) is 3. The van der Waals surface area contributed by atoms with Crippen LogP contribution in [-0.4, -0.2) is 12.5 Å². The summed E-state index contributed by atoms with van der Waals surface area (Å²) in [6.07, 6.45) is 1.02. The summed E-state index contributed by atoms with van der Waals surface area (Å²) in [7, 11) is 0. The third-order valence-corrected chi connectivity index (χ3v) is 3.40. The monoisotopic (exact) mass is 358 g/mol. The first kappa shape index (κ1) is 16.1. The smallest absolute Gasteiger partial charge is 0.224 e. The van der Waals surface area contributed by atoms with Crippen LogP contribution in [0.5, 0.6) is 5.75 Å². The lowest BCUT2D eigenvalue weighted by atomic mass is 10.2. The third-order valence-electron chi connectivity index (χ3n) is 2.91. The molecule has 4 nitrogen and oxygen atoms in total. The van der Waals surface area contributed by atoms with Crippen molar-refractivity contribution < 1.29 is 9.53 Å². The molecule has 0 aliphatic carbocycles. The standard InChI is InChI=1S/C17H15BrN2O2/c18-14-3-1-4-16(11-14)22-10-2-5-17(21)20-15-8-6-13(12-19)7-9-15/h1,3-4,6-9,11H,2,5,10H2,(H,20,21). The normalized spacial score (nSPS) is 9.82. The van der Waals surface area contributed by atoms with Crippen LogP contribution in [0.4, 0.5) is 5.69 Å². The molecule has 0 unspecified atom stereocenters. The zero-order chi connectivity index (χ0) is 15.8. The fourth-order valence-electron chi connectivity index (χ4n) is 1.83. The van der Waals surface area contributed by atoms with Crippen molar-refractivity contribution in [1.82, 2.24) is 0 Å². The fraction of sp³-hybridized carbons (Fsp3) is 0.176.